The molecular weight excluding hydrogens is 544 g/mol. The number of benzene rings is 6. The molecule has 7 aromatic rings. The molecule has 0 radical (unpaired) electrons. The maximum Gasteiger partial charge on any atom is 0.0541 e. The summed E-state index contributed by atoms with van der Waals surface area (Å²) in [5.74, 6) is 1.09. The van der Waals surface area contributed by atoms with Crippen LogP contribution < -0.4 is 4.90 Å². The highest BCUT2D eigenvalue weighted by atomic mass is 15.2. The van der Waals surface area contributed by atoms with Crippen molar-refractivity contribution in [2.75, 3.05) is 4.90 Å². The first-order valence-corrected chi connectivity index (χ1v) is 16.1. The van der Waals surface area contributed by atoms with Crippen LogP contribution in [0.15, 0.2) is 157 Å². The van der Waals surface area contributed by atoms with Crippen LogP contribution in [0.1, 0.15) is 31.2 Å². The summed E-state index contributed by atoms with van der Waals surface area (Å²) in [7, 11) is 0. The molecule has 216 valence electrons. The van der Waals surface area contributed by atoms with Gasteiger partial charge in [-0.25, -0.2) is 0 Å². The molecule has 6 aromatic carbocycles. The van der Waals surface area contributed by atoms with E-state index in [0.717, 1.165) is 6.42 Å². The van der Waals surface area contributed by atoms with Gasteiger partial charge in [0.05, 0.1) is 11.0 Å². The van der Waals surface area contributed by atoms with Gasteiger partial charge in [-0.15, -0.1) is 0 Å². The number of aromatic nitrogens is 1. The molecule has 45 heavy (non-hydrogen) atoms. The molecule has 0 bridgehead atoms. The summed E-state index contributed by atoms with van der Waals surface area (Å²) in [5, 5.41) is 2.58. The van der Waals surface area contributed by atoms with Crippen molar-refractivity contribution >= 4 is 33.2 Å². The lowest BCUT2D eigenvalue weighted by Crippen LogP contribution is -2.18. The molecule has 1 aromatic heterocycles. The molecule has 0 amide bonds. The number of allylic oxidation sites excluding steroid dienone is 2. The largest absolute Gasteiger partial charge is 0.314 e. The van der Waals surface area contributed by atoms with Crippen LogP contribution in [0.4, 0.5) is 11.4 Å². The summed E-state index contributed by atoms with van der Waals surface area (Å²) in [5.41, 5.74) is 14.2. The third-order valence-corrected chi connectivity index (χ3v) is 9.88. The lowest BCUT2D eigenvalue weighted by atomic mass is 9.82. The number of para-hydroxylation sites is 2. The molecular formula is C43H34N2. The van der Waals surface area contributed by atoms with Crippen LogP contribution in [0.5, 0.6) is 0 Å². The van der Waals surface area contributed by atoms with Gasteiger partial charge in [-0.3, -0.25) is 0 Å². The molecule has 2 heteroatoms. The molecule has 2 nitrogen and oxygen atoms in total. The van der Waals surface area contributed by atoms with Crippen LogP contribution in [-0.2, 0) is 0 Å². The highest BCUT2D eigenvalue weighted by Gasteiger charge is 2.37. The third kappa shape index (κ3) is 4.24. The Morgan fingerprint density at radius 2 is 1.18 bits per heavy atom. The van der Waals surface area contributed by atoms with Gasteiger partial charge < -0.3 is 9.47 Å². The maximum atomic E-state index is 2.51. The fourth-order valence-electron chi connectivity index (χ4n) is 7.70. The summed E-state index contributed by atoms with van der Waals surface area (Å²) < 4.78 is 2.39. The van der Waals surface area contributed by atoms with Gasteiger partial charge in [-0.1, -0.05) is 104 Å². The molecule has 0 fully saturated rings. The van der Waals surface area contributed by atoms with E-state index < -0.39 is 0 Å². The number of hydrogen-bond donors (Lipinski definition) is 0. The van der Waals surface area contributed by atoms with Crippen molar-refractivity contribution in [2.24, 2.45) is 5.92 Å². The minimum atomic E-state index is 0.418. The van der Waals surface area contributed by atoms with Crippen molar-refractivity contribution in [3.63, 3.8) is 0 Å². The SMILES string of the molecule is CC1CC=C2C(C1)c1cc(-c3ccc4c(c3)c3ccccc3n4-c3ccccc3)ccc1N2c1ccc(-c2ccccc2)cc1. The zero-order valence-electron chi connectivity index (χ0n) is 25.4. The van der Waals surface area contributed by atoms with Gasteiger partial charge in [0.1, 0.15) is 0 Å². The Morgan fingerprint density at radius 1 is 0.533 bits per heavy atom. The van der Waals surface area contributed by atoms with E-state index >= 15 is 0 Å². The van der Waals surface area contributed by atoms with Gasteiger partial charge in [0, 0.05) is 39.4 Å². The van der Waals surface area contributed by atoms with Gasteiger partial charge in [0.25, 0.3) is 0 Å². The van der Waals surface area contributed by atoms with E-state index in [1.807, 2.05) is 0 Å². The third-order valence-electron chi connectivity index (χ3n) is 9.88. The molecule has 0 saturated carbocycles. The quantitative estimate of drug-likeness (QED) is 0.202. The van der Waals surface area contributed by atoms with E-state index in [4.69, 9.17) is 0 Å². The molecule has 1 aliphatic carbocycles. The second-order valence-corrected chi connectivity index (χ2v) is 12.7. The van der Waals surface area contributed by atoms with E-state index in [2.05, 4.69) is 168 Å². The van der Waals surface area contributed by atoms with E-state index in [0.29, 0.717) is 11.8 Å². The molecule has 2 heterocycles. The summed E-state index contributed by atoms with van der Waals surface area (Å²) in [6.45, 7) is 2.39. The van der Waals surface area contributed by atoms with Crippen molar-refractivity contribution in [1.82, 2.24) is 4.57 Å². The van der Waals surface area contributed by atoms with E-state index in [-0.39, 0.29) is 0 Å². The molecule has 0 saturated heterocycles. The molecule has 0 spiro atoms. The van der Waals surface area contributed by atoms with Gasteiger partial charge in [-0.05, 0) is 101 Å². The summed E-state index contributed by atoms with van der Waals surface area (Å²) in [6, 6.07) is 53.4. The fourth-order valence-corrected chi connectivity index (χ4v) is 7.70. The standard InChI is InChI=1S/C43H34N2/c1-29-16-23-41-37(26-29)39-28-33(20-25-43(39)45(41)35-21-17-31(18-22-35)30-10-4-2-5-11-30)32-19-24-42-38(27-32)36-14-8-9-15-40(36)44(42)34-12-6-3-7-13-34/h2-15,17-25,27-29,37H,16,26H2,1H3. The Labute approximate surface area is 264 Å². The fraction of sp³-hybridized carbons (Fsp3) is 0.116. The van der Waals surface area contributed by atoms with Crippen LogP contribution in [0.2, 0.25) is 0 Å². The van der Waals surface area contributed by atoms with Crippen LogP contribution in [-0.4, -0.2) is 4.57 Å². The van der Waals surface area contributed by atoms with Gasteiger partial charge in [0.2, 0.25) is 0 Å². The zero-order valence-corrected chi connectivity index (χ0v) is 25.4. The summed E-state index contributed by atoms with van der Waals surface area (Å²) >= 11 is 0. The smallest absolute Gasteiger partial charge is 0.0541 e. The van der Waals surface area contributed by atoms with Crippen LogP contribution in [0.25, 0.3) is 49.7 Å². The average Bonchev–Trinajstić information content (AvgIpc) is 3.61. The lowest BCUT2D eigenvalue weighted by Gasteiger charge is -2.28. The molecule has 9 rings (SSSR count). The number of hydrogen-bond acceptors (Lipinski definition) is 1. The molecule has 2 unspecified atom stereocenters. The van der Waals surface area contributed by atoms with Crippen molar-refractivity contribution in [1.29, 1.82) is 0 Å². The van der Waals surface area contributed by atoms with Crippen LogP contribution in [0, 0.1) is 5.92 Å². The number of anilines is 2. The summed E-state index contributed by atoms with van der Waals surface area (Å²) in [6.07, 6.45) is 4.81. The number of fused-ring (bicyclic) bond motifs is 6. The number of rotatable bonds is 4. The molecule has 0 N–H and O–H groups in total. The first-order chi connectivity index (χ1) is 22.2. The van der Waals surface area contributed by atoms with Crippen molar-refractivity contribution < 1.29 is 0 Å². The minimum Gasteiger partial charge on any atom is -0.314 e. The van der Waals surface area contributed by atoms with Crippen molar-refractivity contribution in [3.05, 3.63) is 163 Å². The zero-order chi connectivity index (χ0) is 29.9. The Kier molecular flexibility index (Phi) is 6.02. The van der Waals surface area contributed by atoms with Gasteiger partial charge in [0.15, 0.2) is 0 Å². The molecule has 1 aliphatic heterocycles. The average molecular weight is 579 g/mol. The topological polar surface area (TPSA) is 8.17 Å². The van der Waals surface area contributed by atoms with E-state index in [1.165, 1.54) is 78.8 Å². The highest BCUT2D eigenvalue weighted by Crippen LogP contribution is 2.53. The van der Waals surface area contributed by atoms with Crippen molar-refractivity contribution in [2.45, 2.75) is 25.7 Å². The predicted octanol–water partition coefficient (Wildman–Crippen LogP) is 11.7. The van der Waals surface area contributed by atoms with Gasteiger partial charge in [-0.2, -0.15) is 0 Å². The number of nitrogens with zero attached hydrogens (tertiary/aromatic N) is 2. The van der Waals surface area contributed by atoms with E-state index in [1.54, 1.807) is 0 Å². The normalized spacial score (nSPS) is 17.4. The Morgan fingerprint density at radius 3 is 2.00 bits per heavy atom. The van der Waals surface area contributed by atoms with Crippen LogP contribution in [0.3, 0.4) is 0 Å². The molecule has 2 aliphatic rings. The maximum absolute atomic E-state index is 2.51. The molecule has 2 atom stereocenters. The monoisotopic (exact) mass is 578 g/mol. The first-order valence-electron chi connectivity index (χ1n) is 16.1. The first kappa shape index (κ1) is 26.1. The second kappa shape index (κ2) is 10.4. The Hall–Kier alpha value is -5.34. The van der Waals surface area contributed by atoms with E-state index in [9.17, 15) is 0 Å². The highest BCUT2D eigenvalue weighted by molar-refractivity contribution is 6.10. The van der Waals surface area contributed by atoms with Crippen LogP contribution >= 0.6 is 0 Å². The Bertz CT molecular complexity index is 2220. The predicted molar refractivity (Wildman–Crippen MR) is 189 cm³/mol. The van der Waals surface area contributed by atoms with Crippen molar-refractivity contribution in [3.8, 4) is 27.9 Å². The second-order valence-electron chi connectivity index (χ2n) is 12.7. The lowest BCUT2D eigenvalue weighted by molar-refractivity contribution is 0.479. The van der Waals surface area contributed by atoms with Gasteiger partial charge >= 0.3 is 0 Å². The Balaban J connectivity index is 1.15. The summed E-state index contributed by atoms with van der Waals surface area (Å²) in [4.78, 5) is 2.51. The minimum absolute atomic E-state index is 0.418.